The van der Waals surface area contributed by atoms with Crippen LogP contribution in [0.1, 0.15) is 18.9 Å². The van der Waals surface area contributed by atoms with Crippen molar-refractivity contribution in [3.8, 4) is 0 Å². The normalized spacial score (nSPS) is 17.6. The fraction of sp³-hybridized carbons (Fsp3) is 0.462. The molecule has 1 fully saturated rings. The summed E-state index contributed by atoms with van der Waals surface area (Å²) >= 11 is 0. The van der Waals surface area contributed by atoms with E-state index in [4.69, 9.17) is 4.74 Å². The van der Waals surface area contributed by atoms with Crippen LogP contribution in [0.5, 0.6) is 0 Å². The lowest BCUT2D eigenvalue weighted by molar-refractivity contribution is -0.156. The van der Waals surface area contributed by atoms with Crippen LogP contribution < -0.4 is 5.32 Å². The number of anilines is 1. The van der Waals surface area contributed by atoms with E-state index in [-0.39, 0.29) is 11.3 Å². The van der Waals surface area contributed by atoms with Crippen LogP contribution in [-0.4, -0.2) is 19.1 Å². The van der Waals surface area contributed by atoms with Crippen LogP contribution in [-0.2, 0) is 9.53 Å². The van der Waals surface area contributed by atoms with Gasteiger partial charge < -0.3 is 10.1 Å². The molecule has 1 aromatic carbocycles. The molecule has 0 spiro atoms. The van der Waals surface area contributed by atoms with E-state index >= 15 is 0 Å². The summed E-state index contributed by atoms with van der Waals surface area (Å²) in [5.74, 6) is 0.0792. The molecule has 1 saturated heterocycles. The van der Waals surface area contributed by atoms with Crippen molar-refractivity contribution in [3.05, 3.63) is 29.8 Å². The van der Waals surface area contributed by atoms with Crippen molar-refractivity contribution in [2.24, 2.45) is 5.41 Å². The molecule has 0 unspecified atom stereocenters. The number of nitrogens with one attached hydrogen (secondary N) is 1. The minimum absolute atomic E-state index is 0.0792. The summed E-state index contributed by atoms with van der Waals surface area (Å²) in [7, 11) is 0. The first-order valence-corrected chi connectivity index (χ1v) is 5.63. The lowest BCUT2D eigenvalue weighted by atomic mass is 9.82. The number of amides is 1. The van der Waals surface area contributed by atoms with Gasteiger partial charge in [-0.2, -0.15) is 0 Å². The number of carbonyl (C=O) groups is 1. The quantitative estimate of drug-likeness (QED) is 0.847. The zero-order chi connectivity index (χ0) is 11.6. The van der Waals surface area contributed by atoms with Gasteiger partial charge in [0, 0.05) is 5.69 Å². The molecule has 2 rings (SSSR count). The third-order valence-electron chi connectivity index (χ3n) is 3.31. The molecule has 0 bridgehead atoms. The number of aryl methyl sites for hydroxylation is 1. The highest BCUT2D eigenvalue weighted by molar-refractivity contribution is 5.96. The fourth-order valence-electron chi connectivity index (χ4n) is 1.81. The Kier molecular flexibility index (Phi) is 2.97. The van der Waals surface area contributed by atoms with Gasteiger partial charge in [-0.1, -0.05) is 25.1 Å². The molecule has 0 aliphatic carbocycles. The van der Waals surface area contributed by atoms with Gasteiger partial charge in [0.15, 0.2) is 0 Å². The molecule has 1 heterocycles. The highest BCUT2D eigenvalue weighted by atomic mass is 16.5. The van der Waals surface area contributed by atoms with E-state index in [1.807, 2.05) is 38.1 Å². The van der Waals surface area contributed by atoms with Gasteiger partial charge in [0.25, 0.3) is 0 Å². The molecule has 0 saturated carbocycles. The van der Waals surface area contributed by atoms with Gasteiger partial charge in [-0.3, -0.25) is 4.79 Å². The standard InChI is InChI=1S/C13H17NO2/c1-3-13(8-16-9-13)12(15)14-11-7-5-4-6-10(11)2/h4-7H,3,8-9H2,1-2H3,(H,14,15). The number of para-hydroxylation sites is 1. The summed E-state index contributed by atoms with van der Waals surface area (Å²) < 4.78 is 5.16. The first kappa shape index (κ1) is 11.1. The van der Waals surface area contributed by atoms with Gasteiger partial charge in [-0.15, -0.1) is 0 Å². The molecule has 1 aliphatic rings. The average Bonchev–Trinajstić information content (AvgIpc) is 2.21. The Morgan fingerprint density at radius 1 is 1.44 bits per heavy atom. The number of ether oxygens (including phenoxy) is 1. The molecule has 3 heteroatoms. The molecule has 86 valence electrons. The maximum Gasteiger partial charge on any atom is 0.235 e. The summed E-state index contributed by atoms with van der Waals surface area (Å²) in [6.07, 6.45) is 0.824. The highest BCUT2D eigenvalue weighted by Crippen LogP contribution is 2.32. The highest BCUT2D eigenvalue weighted by Gasteiger charge is 2.44. The van der Waals surface area contributed by atoms with E-state index < -0.39 is 0 Å². The average molecular weight is 219 g/mol. The smallest absolute Gasteiger partial charge is 0.235 e. The van der Waals surface area contributed by atoms with Crippen molar-refractivity contribution < 1.29 is 9.53 Å². The third-order valence-corrected chi connectivity index (χ3v) is 3.31. The SMILES string of the molecule is CCC1(C(=O)Nc2ccccc2C)COC1. The van der Waals surface area contributed by atoms with Crippen LogP contribution in [0, 0.1) is 12.3 Å². The topological polar surface area (TPSA) is 38.3 Å². The maximum atomic E-state index is 12.1. The Morgan fingerprint density at radius 2 is 2.12 bits per heavy atom. The number of hydrogen-bond donors (Lipinski definition) is 1. The number of rotatable bonds is 3. The van der Waals surface area contributed by atoms with Crippen molar-refractivity contribution in [2.75, 3.05) is 18.5 Å². The van der Waals surface area contributed by atoms with Crippen LogP contribution in [0.15, 0.2) is 24.3 Å². The molecule has 1 N–H and O–H groups in total. The van der Waals surface area contributed by atoms with Crippen LogP contribution in [0.4, 0.5) is 5.69 Å². The van der Waals surface area contributed by atoms with Gasteiger partial charge in [-0.05, 0) is 25.0 Å². The van der Waals surface area contributed by atoms with Crippen molar-refractivity contribution in [1.82, 2.24) is 0 Å². The second-order valence-corrected chi connectivity index (χ2v) is 4.40. The molecule has 1 aliphatic heterocycles. The zero-order valence-electron chi connectivity index (χ0n) is 9.75. The van der Waals surface area contributed by atoms with E-state index in [1.165, 1.54) is 0 Å². The van der Waals surface area contributed by atoms with Gasteiger partial charge in [0.2, 0.25) is 5.91 Å². The summed E-state index contributed by atoms with van der Waals surface area (Å²) in [4.78, 5) is 12.1. The maximum absolute atomic E-state index is 12.1. The minimum Gasteiger partial charge on any atom is -0.379 e. The van der Waals surface area contributed by atoms with Crippen molar-refractivity contribution in [3.63, 3.8) is 0 Å². The fourth-order valence-corrected chi connectivity index (χ4v) is 1.81. The van der Waals surface area contributed by atoms with E-state index in [0.717, 1.165) is 17.7 Å². The predicted molar refractivity (Wildman–Crippen MR) is 63.4 cm³/mol. The van der Waals surface area contributed by atoms with Crippen molar-refractivity contribution in [1.29, 1.82) is 0 Å². The Bertz CT molecular complexity index is 391. The second kappa shape index (κ2) is 4.26. The van der Waals surface area contributed by atoms with E-state index in [1.54, 1.807) is 0 Å². The molecule has 16 heavy (non-hydrogen) atoms. The van der Waals surface area contributed by atoms with E-state index in [9.17, 15) is 4.79 Å². The van der Waals surface area contributed by atoms with E-state index in [0.29, 0.717) is 13.2 Å². The lowest BCUT2D eigenvalue weighted by Gasteiger charge is -2.39. The summed E-state index contributed by atoms with van der Waals surface area (Å²) in [5.41, 5.74) is 1.68. The summed E-state index contributed by atoms with van der Waals surface area (Å²) in [5, 5.41) is 2.98. The van der Waals surface area contributed by atoms with Crippen LogP contribution in [0.3, 0.4) is 0 Å². The molecular formula is C13H17NO2. The number of hydrogen-bond acceptors (Lipinski definition) is 2. The molecule has 1 amide bonds. The van der Waals surface area contributed by atoms with Gasteiger partial charge in [-0.25, -0.2) is 0 Å². The predicted octanol–water partition coefficient (Wildman–Crippen LogP) is 2.36. The second-order valence-electron chi connectivity index (χ2n) is 4.40. The van der Waals surface area contributed by atoms with Crippen LogP contribution in [0.2, 0.25) is 0 Å². The van der Waals surface area contributed by atoms with Crippen molar-refractivity contribution >= 4 is 11.6 Å². The third kappa shape index (κ3) is 1.83. The number of carbonyl (C=O) groups excluding carboxylic acids is 1. The molecule has 0 radical (unpaired) electrons. The van der Waals surface area contributed by atoms with Gasteiger partial charge in [0.05, 0.1) is 18.6 Å². The zero-order valence-corrected chi connectivity index (χ0v) is 9.75. The lowest BCUT2D eigenvalue weighted by Crippen LogP contribution is -2.51. The van der Waals surface area contributed by atoms with Crippen molar-refractivity contribution in [2.45, 2.75) is 20.3 Å². The summed E-state index contributed by atoms with van der Waals surface area (Å²) in [6, 6.07) is 7.81. The Labute approximate surface area is 95.8 Å². The molecular weight excluding hydrogens is 202 g/mol. The Balaban J connectivity index is 2.10. The van der Waals surface area contributed by atoms with E-state index in [2.05, 4.69) is 5.32 Å². The first-order valence-electron chi connectivity index (χ1n) is 5.63. The monoisotopic (exact) mass is 219 g/mol. The number of benzene rings is 1. The van der Waals surface area contributed by atoms with Crippen LogP contribution >= 0.6 is 0 Å². The minimum atomic E-state index is -0.303. The van der Waals surface area contributed by atoms with Crippen LogP contribution in [0.25, 0.3) is 0 Å². The largest absolute Gasteiger partial charge is 0.379 e. The molecule has 0 aromatic heterocycles. The summed E-state index contributed by atoms with van der Waals surface area (Å²) in [6.45, 7) is 5.11. The first-order chi connectivity index (χ1) is 7.68. The molecule has 0 atom stereocenters. The molecule has 1 aromatic rings. The van der Waals surface area contributed by atoms with Gasteiger partial charge >= 0.3 is 0 Å². The van der Waals surface area contributed by atoms with Gasteiger partial charge in [0.1, 0.15) is 0 Å². The Hall–Kier alpha value is -1.35. The molecule has 3 nitrogen and oxygen atoms in total. The Morgan fingerprint density at radius 3 is 2.62 bits per heavy atom.